The van der Waals surface area contributed by atoms with Crippen molar-refractivity contribution in [2.24, 2.45) is 0 Å². The van der Waals surface area contributed by atoms with Gasteiger partial charge in [-0.25, -0.2) is 9.37 Å². The summed E-state index contributed by atoms with van der Waals surface area (Å²) < 4.78 is 20.4. The van der Waals surface area contributed by atoms with Gasteiger partial charge >= 0.3 is 0 Å². The normalized spacial score (nSPS) is 11.2. The quantitative estimate of drug-likeness (QED) is 0.396. The number of carbonyl (C=O) groups excluding carboxylic acids is 1. The molecule has 6 nitrogen and oxygen atoms in total. The van der Waals surface area contributed by atoms with Gasteiger partial charge in [-0.3, -0.25) is 9.36 Å². The van der Waals surface area contributed by atoms with E-state index in [4.69, 9.17) is 4.42 Å². The number of fused-ring (bicyclic) bond motifs is 3. The topological polar surface area (TPSA) is 77.1 Å². The van der Waals surface area contributed by atoms with Crippen molar-refractivity contribution < 1.29 is 13.6 Å². The zero-order chi connectivity index (χ0) is 22.1. The van der Waals surface area contributed by atoms with Crippen molar-refractivity contribution in [2.75, 3.05) is 5.32 Å². The molecule has 7 heteroatoms. The average molecular weight is 427 g/mol. The minimum atomic E-state index is -0.390. The Hall–Kier alpha value is -4.26. The van der Waals surface area contributed by atoms with Crippen molar-refractivity contribution in [3.8, 4) is 11.4 Å². The Balaban J connectivity index is 1.46. The Labute approximate surface area is 181 Å². The number of benzene rings is 3. The third-order valence-corrected chi connectivity index (χ3v) is 5.33. The second-order valence-corrected chi connectivity index (χ2v) is 7.37. The highest BCUT2D eigenvalue weighted by Gasteiger charge is 2.13. The summed E-state index contributed by atoms with van der Waals surface area (Å²) in [6.45, 7) is 0.240. The van der Waals surface area contributed by atoms with E-state index in [1.165, 1.54) is 35.0 Å². The van der Waals surface area contributed by atoms with Gasteiger partial charge < -0.3 is 14.5 Å². The molecule has 32 heavy (non-hydrogen) atoms. The number of para-hydroxylation sites is 1. The second-order valence-electron chi connectivity index (χ2n) is 7.37. The number of carbonyl (C=O) groups is 1. The molecule has 0 radical (unpaired) electrons. The van der Waals surface area contributed by atoms with E-state index in [0.717, 1.165) is 27.5 Å². The van der Waals surface area contributed by atoms with Gasteiger partial charge in [0.05, 0.1) is 12.7 Å². The van der Waals surface area contributed by atoms with Crippen LogP contribution in [0.1, 0.15) is 5.56 Å². The fourth-order valence-electron chi connectivity index (χ4n) is 3.77. The highest BCUT2D eigenvalue weighted by Crippen LogP contribution is 2.29. The molecule has 2 heterocycles. The molecule has 0 amide bonds. The summed E-state index contributed by atoms with van der Waals surface area (Å²) >= 11 is 0. The lowest BCUT2D eigenvalue weighted by atomic mass is 10.1. The molecule has 1 N–H and O–H groups in total. The van der Waals surface area contributed by atoms with Crippen molar-refractivity contribution >= 4 is 33.9 Å². The van der Waals surface area contributed by atoms with Gasteiger partial charge in [0, 0.05) is 22.9 Å². The van der Waals surface area contributed by atoms with Gasteiger partial charge in [0.15, 0.2) is 0 Å². The molecule has 0 aliphatic heterocycles. The van der Waals surface area contributed by atoms with Gasteiger partial charge in [0.25, 0.3) is 5.56 Å². The Kier molecular flexibility index (Phi) is 4.99. The largest absolute Gasteiger partial charge is 0.456 e. The van der Waals surface area contributed by atoms with Crippen LogP contribution in [0.5, 0.6) is 0 Å². The molecule has 2 aromatic heterocycles. The summed E-state index contributed by atoms with van der Waals surface area (Å²) in [5.41, 5.74) is 3.04. The molecule has 5 rings (SSSR count). The number of anilines is 1. The summed E-state index contributed by atoms with van der Waals surface area (Å²) in [6.07, 6.45) is 2.08. The van der Waals surface area contributed by atoms with Crippen molar-refractivity contribution in [3.05, 3.63) is 94.7 Å². The molecule has 0 saturated heterocycles. The van der Waals surface area contributed by atoms with E-state index in [-0.39, 0.29) is 17.8 Å². The van der Waals surface area contributed by atoms with Crippen molar-refractivity contribution in [1.29, 1.82) is 0 Å². The first-order chi connectivity index (χ1) is 15.6. The van der Waals surface area contributed by atoms with Crippen LogP contribution in [0.4, 0.5) is 10.1 Å². The number of rotatable bonds is 6. The molecular formula is C25H18FN3O3. The lowest BCUT2D eigenvalue weighted by molar-refractivity contribution is -0.108. The van der Waals surface area contributed by atoms with Crippen LogP contribution in [0.15, 0.2) is 82.1 Å². The predicted octanol–water partition coefficient (Wildman–Crippen LogP) is 4.76. The lowest BCUT2D eigenvalue weighted by Gasteiger charge is -2.13. The van der Waals surface area contributed by atoms with Crippen LogP contribution in [0.25, 0.3) is 33.3 Å². The molecule has 0 spiro atoms. The molecule has 0 bridgehead atoms. The molecule has 0 aliphatic carbocycles. The number of aldehydes is 1. The van der Waals surface area contributed by atoms with E-state index in [2.05, 4.69) is 10.3 Å². The zero-order valence-corrected chi connectivity index (χ0v) is 16.9. The van der Waals surface area contributed by atoms with Crippen LogP contribution >= 0.6 is 0 Å². The SMILES string of the molecule is O=CCn1c(-c2ccc(F)cc2)ncc(NCc2ccc3oc4ccccc4c3c2)c1=O. The first kappa shape index (κ1) is 19.7. The third-order valence-electron chi connectivity index (χ3n) is 5.33. The molecule has 0 atom stereocenters. The summed E-state index contributed by atoms with van der Waals surface area (Å²) in [6, 6.07) is 19.3. The monoisotopic (exact) mass is 427 g/mol. The van der Waals surface area contributed by atoms with Gasteiger partial charge in [-0.2, -0.15) is 0 Å². The first-order valence-corrected chi connectivity index (χ1v) is 10.1. The van der Waals surface area contributed by atoms with E-state index in [0.29, 0.717) is 24.2 Å². The molecule has 0 aliphatic rings. The predicted molar refractivity (Wildman–Crippen MR) is 121 cm³/mol. The number of hydrogen-bond acceptors (Lipinski definition) is 5. The van der Waals surface area contributed by atoms with E-state index >= 15 is 0 Å². The Bertz CT molecular complexity index is 1500. The zero-order valence-electron chi connectivity index (χ0n) is 16.9. The van der Waals surface area contributed by atoms with Crippen LogP contribution in [-0.4, -0.2) is 15.8 Å². The Morgan fingerprint density at radius 2 is 1.78 bits per heavy atom. The van der Waals surface area contributed by atoms with Crippen LogP contribution < -0.4 is 10.9 Å². The Morgan fingerprint density at radius 3 is 2.59 bits per heavy atom. The van der Waals surface area contributed by atoms with Crippen molar-refractivity contribution in [2.45, 2.75) is 13.1 Å². The molecule has 5 aromatic rings. The van der Waals surface area contributed by atoms with Crippen molar-refractivity contribution in [1.82, 2.24) is 9.55 Å². The molecule has 3 aromatic carbocycles. The van der Waals surface area contributed by atoms with Gasteiger partial charge in [0.1, 0.15) is 34.8 Å². The number of aromatic nitrogens is 2. The van der Waals surface area contributed by atoms with Gasteiger partial charge in [-0.1, -0.05) is 24.3 Å². The summed E-state index contributed by atoms with van der Waals surface area (Å²) in [4.78, 5) is 28.5. The Morgan fingerprint density at radius 1 is 1.00 bits per heavy atom. The standard InChI is InChI=1S/C25H18FN3O3/c26-18-8-6-17(7-9-18)24-28-15-21(25(31)29(24)11-12-30)27-14-16-5-10-23-20(13-16)19-3-1-2-4-22(19)32-23/h1-10,12-13,15,27H,11,14H2. The maximum atomic E-state index is 13.3. The lowest BCUT2D eigenvalue weighted by Crippen LogP contribution is -2.26. The van der Waals surface area contributed by atoms with E-state index in [1.54, 1.807) is 0 Å². The summed E-state index contributed by atoms with van der Waals surface area (Å²) in [5, 5.41) is 5.15. The molecule has 0 unspecified atom stereocenters. The summed E-state index contributed by atoms with van der Waals surface area (Å²) in [5.74, 6) is -0.0855. The van der Waals surface area contributed by atoms with Crippen molar-refractivity contribution in [3.63, 3.8) is 0 Å². The fraction of sp³-hybridized carbons (Fsp3) is 0.0800. The van der Waals surface area contributed by atoms with Gasteiger partial charge in [0.2, 0.25) is 0 Å². The minimum absolute atomic E-state index is 0.152. The minimum Gasteiger partial charge on any atom is -0.456 e. The number of halogens is 1. The van der Waals surface area contributed by atoms with Crippen LogP contribution in [0, 0.1) is 5.82 Å². The smallest absolute Gasteiger partial charge is 0.277 e. The van der Waals surface area contributed by atoms with Gasteiger partial charge in [-0.15, -0.1) is 0 Å². The van der Waals surface area contributed by atoms with Crippen LogP contribution in [0.3, 0.4) is 0 Å². The van der Waals surface area contributed by atoms with Crippen LogP contribution in [-0.2, 0) is 17.9 Å². The first-order valence-electron chi connectivity index (χ1n) is 10.1. The molecular weight excluding hydrogens is 409 g/mol. The number of furan rings is 1. The number of hydrogen-bond donors (Lipinski definition) is 1. The number of nitrogens with zero attached hydrogens (tertiary/aromatic N) is 2. The maximum absolute atomic E-state index is 13.3. The molecule has 0 fully saturated rings. The average Bonchev–Trinajstić information content (AvgIpc) is 3.18. The fourth-order valence-corrected chi connectivity index (χ4v) is 3.77. The molecule has 0 saturated carbocycles. The highest BCUT2D eigenvalue weighted by molar-refractivity contribution is 6.05. The summed E-state index contributed by atoms with van der Waals surface area (Å²) in [7, 11) is 0. The second kappa shape index (κ2) is 8.11. The van der Waals surface area contributed by atoms with E-state index in [9.17, 15) is 14.0 Å². The van der Waals surface area contributed by atoms with Crippen LogP contribution in [0.2, 0.25) is 0 Å². The van der Waals surface area contributed by atoms with E-state index < -0.39 is 5.82 Å². The highest BCUT2D eigenvalue weighted by atomic mass is 19.1. The molecule has 158 valence electrons. The van der Waals surface area contributed by atoms with Gasteiger partial charge in [-0.05, 0) is 48.0 Å². The number of nitrogens with one attached hydrogen (secondary N) is 1. The third kappa shape index (κ3) is 3.54. The van der Waals surface area contributed by atoms with E-state index in [1.807, 2.05) is 42.5 Å². The maximum Gasteiger partial charge on any atom is 0.277 e.